The van der Waals surface area contributed by atoms with E-state index in [4.69, 9.17) is 0 Å². The molecule has 1 saturated heterocycles. The minimum absolute atomic E-state index is 0.586. The maximum atomic E-state index is 3.46. The molecular weight excluding hydrogens is 202 g/mol. The van der Waals surface area contributed by atoms with Gasteiger partial charge in [0.15, 0.2) is 0 Å². The number of hydrogen-bond donors (Lipinski definition) is 1. The van der Waals surface area contributed by atoms with E-state index in [1.807, 2.05) is 11.8 Å². The molecule has 1 nitrogen and oxygen atoms in total. The van der Waals surface area contributed by atoms with Crippen LogP contribution in [0.15, 0.2) is 29.2 Å². The van der Waals surface area contributed by atoms with E-state index < -0.39 is 0 Å². The molecule has 1 N–H and O–H groups in total. The lowest BCUT2D eigenvalue weighted by atomic mass is 9.88. The summed E-state index contributed by atoms with van der Waals surface area (Å²) in [6, 6.07) is 9.60. The van der Waals surface area contributed by atoms with Gasteiger partial charge in [0.05, 0.1) is 0 Å². The molecule has 0 radical (unpaired) electrons. The first kappa shape index (κ1) is 11.0. The van der Waals surface area contributed by atoms with Gasteiger partial charge in [0.2, 0.25) is 0 Å². The van der Waals surface area contributed by atoms with Gasteiger partial charge in [-0.1, -0.05) is 32.9 Å². The molecule has 2 rings (SSSR count). The molecule has 1 aliphatic heterocycles. The Hall–Kier alpha value is -0.470. The molecule has 0 bridgehead atoms. The van der Waals surface area contributed by atoms with Crippen LogP contribution in [-0.2, 0) is 0 Å². The maximum Gasteiger partial charge on any atom is 0.0358 e. The molecule has 0 spiro atoms. The Bertz CT molecular complexity index is 318. The van der Waals surface area contributed by atoms with Crippen molar-refractivity contribution in [3.8, 4) is 0 Å². The highest BCUT2D eigenvalue weighted by atomic mass is 32.2. The second kappa shape index (κ2) is 4.58. The highest BCUT2D eigenvalue weighted by Gasteiger charge is 2.26. The lowest BCUT2D eigenvalue weighted by molar-refractivity contribution is 0.258. The van der Waals surface area contributed by atoms with E-state index in [2.05, 4.69) is 50.4 Å². The quantitative estimate of drug-likeness (QED) is 0.784. The molecule has 0 saturated carbocycles. The second-order valence-electron chi connectivity index (χ2n) is 4.60. The Labute approximate surface area is 96.7 Å². The Morgan fingerprint density at radius 3 is 2.33 bits per heavy atom. The average molecular weight is 221 g/mol. The number of hydrogen-bond acceptors (Lipinski definition) is 2. The summed E-state index contributed by atoms with van der Waals surface area (Å²) in [5, 5.41) is 4.13. The molecule has 1 aromatic carbocycles. The topological polar surface area (TPSA) is 12.0 Å². The SMILES string of the molecule is CC(C)Sc1ccc(C2NCC2C)cc1. The summed E-state index contributed by atoms with van der Waals surface area (Å²) in [4.78, 5) is 1.38. The standard InChI is InChI=1S/C13H19NS/c1-9(2)15-12-6-4-11(5-7-12)13-10(3)8-14-13/h4-7,9-10,13-14H,8H2,1-3H3. The highest BCUT2D eigenvalue weighted by molar-refractivity contribution is 7.99. The fourth-order valence-electron chi connectivity index (χ4n) is 1.94. The first-order chi connectivity index (χ1) is 7.16. The van der Waals surface area contributed by atoms with Crippen molar-refractivity contribution in [3.63, 3.8) is 0 Å². The summed E-state index contributed by atoms with van der Waals surface area (Å²) in [5.41, 5.74) is 1.43. The lowest BCUT2D eigenvalue weighted by Gasteiger charge is -2.36. The molecule has 2 unspecified atom stereocenters. The zero-order chi connectivity index (χ0) is 10.8. The molecule has 15 heavy (non-hydrogen) atoms. The molecule has 82 valence electrons. The molecule has 1 fully saturated rings. The maximum absolute atomic E-state index is 3.46. The summed E-state index contributed by atoms with van der Waals surface area (Å²) >= 11 is 1.92. The fourth-order valence-corrected chi connectivity index (χ4v) is 2.78. The van der Waals surface area contributed by atoms with Gasteiger partial charge in [-0.15, -0.1) is 11.8 Å². The third-order valence-electron chi connectivity index (χ3n) is 2.84. The van der Waals surface area contributed by atoms with Crippen molar-refractivity contribution >= 4 is 11.8 Å². The van der Waals surface area contributed by atoms with E-state index in [9.17, 15) is 0 Å². The van der Waals surface area contributed by atoms with Gasteiger partial charge in [-0.2, -0.15) is 0 Å². The van der Waals surface area contributed by atoms with E-state index in [-0.39, 0.29) is 0 Å². The van der Waals surface area contributed by atoms with Crippen LogP contribution in [0.25, 0.3) is 0 Å². The van der Waals surface area contributed by atoms with Crippen LogP contribution in [0.1, 0.15) is 32.4 Å². The fraction of sp³-hybridized carbons (Fsp3) is 0.538. The first-order valence-corrected chi connectivity index (χ1v) is 6.55. The van der Waals surface area contributed by atoms with Gasteiger partial charge in [-0.25, -0.2) is 0 Å². The van der Waals surface area contributed by atoms with Gasteiger partial charge in [0.1, 0.15) is 0 Å². The smallest absolute Gasteiger partial charge is 0.0358 e. The van der Waals surface area contributed by atoms with E-state index in [1.165, 1.54) is 10.5 Å². The number of rotatable bonds is 3. The Morgan fingerprint density at radius 1 is 1.27 bits per heavy atom. The Balaban J connectivity index is 2.03. The van der Waals surface area contributed by atoms with Gasteiger partial charge in [0.25, 0.3) is 0 Å². The van der Waals surface area contributed by atoms with Gasteiger partial charge < -0.3 is 5.32 Å². The third kappa shape index (κ3) is 2.56. The second-order valence-corrected chi connectivity index (χ2v) is 6.25. The van der Waals surface area contributed by atoms with Crippen LogP contribution in [0.5, 0.6) is 0 Å². The average Bonchev–Trinajstić information content (AvgIpc) is 2.18. The summed E-state index contributed by atoms with van der Waals surface area (Å²) in [7, 11) is 0. The lowest BCUT2D eigenvalue weighted by Crippen LogP contribution is -2.43. The zero-order valence-electron chi connectivity index (χ0n) is 9.66. The molecular formula is C13H19NS. The van der Waals surface area contributed by atoms with Crippen LogP contribution in [0, 0.1) is 5.92 Å². The van der Waals surface area contributed by atoms with E-state index in [1.54, 1.807) is 0 Å². The summed E-state index contributed by atoms with van der Waals surface area (Å²) in [6.07, 6.45) is 0. The predicted molar refractivity (Wildman–Crippen MR) is 67.3 cm³/mol. The van der Waals surface area contributed by atoms with Crippen LogP contribution in [0.4, 0.5) is 0 Å². The molecule has 0 aromatic heterocycles. The van der Waals surface area contributed by atoms with Crippen molar-refractivity contribution in [3.05, 3.63) is 29.8 Å². The number of nitrogens with one attached hydrogen (secondary N) is 1. The number of thioether (sulfide) groups is 1. The van der Waals surface area contributed by atoms with Crippen molar-refractivity contribution < 1.29 is 0 Å². The van der Waals surface area contributed by atoms with Crippen LogP contribution >= 0.6 is 11.8 Å². The minimum atomic E-state index is 0.586. The van der Waals surface area contributed by atoms with Crippen LogP contribution in [0.2, 0.25) is 0 Å². The molecule has 1 aliphatic rings. The van der Waals surface area contributed by atoms with Crippen molar-refractivity contribution in [2.45, 2.75) is 37.0 Å². The van der Waals surface area contributed by atoms with Gasteiger partial charge >= 0.3 is 0 Å². The monoisotopic (exact) mass is 221 g/mol. The molecule has 2 heteroatoms. The normalized spacial score (nSPS) is 25.3. The van der Waals surface area contributed by atoms with Crippen molar-refractivity contribution in [2.75, 3.05) is 6.54 Å². The van der Waals surface area contributed by atoms with E-state index >= 15 is 0 Å². The third-order valence-corrected chi connectivity index (χ3v) is 3.86. The molecule has 1 aromatic rings. The zero-order valence-corrected chi connectivity index (χ0v) is 10.5. The summed E-state index contributed by atoms with van der Waals surface area (Å²) in [5.74, 6) is 0.786. The van der Waals surface area contributed by atoms with Crippen LogP contribution < -0.4 is 5.32 Å². The van der Waals surface area contributed by atoms with Gasteiger partial charge in [0, 0.05) is 22.7 Å². The first-order valence-electron chi connectivity index (χ1n) is 5.67. The van der Waals surface area contributed by atoms with E-state index in [0.717, 1.165) is 12.5 Å². The van der Waals surface area contributed by atoms with Crippen LogP contribution in [0.3, 0.4) is 0 Å². The largest absolute Gasteiger partial charge is 0.309 e. The van der Waals surface area contributed by atoms with Crippen molar-refractivity contribution in [1.29, 1.82) is 0 Å². The van der Waals surface area contributed by atoms with Crippen molar-refractivity contribution in [1.82, 2.24) is 5.32 Å². The van der Waals surface area contributed by atoms with Crippen LogP contribution in [-0.4, -0.2) is 11.8 Å². The number of benzene rings is 1. The van der Waals surface area contributed by atoms with Gasteiger partial charge in [-0.3, -0.25) is 0 Å². The Kier molecular flexibility index (Phi) is 3.37. The highest BCUT2D eigenvalue weighted by Crippen LogP contribution is 2.30. The summed E-state index contributed by atoms with van der Waals surface area (Å²) < 4.78 is 0. The minimum Gasteiger partial charge on any atom is -0.309 e. The summed E-state index contributed by atoms with van der Waals surface area (Å²) in [6.45, 7) is 7.92. The predicted octanol–water partition coefficient (Wildman–Crippen LogP) is 3.47. The van der Waals surface area contributed by atoms with Gasteiger partial charge in [-0.05, 0) is 23.6 Å². The Morgan fingerprint density at radius 2 is 1.93 bits per heavy atom. The van der Waals surface area contributed by atoms with Crippen molar-refractivity contribution in [2.24, 2.45) is 5.92 Å². The molecule has 0 aliphatic carbocycles. The molecule has 0 amide bonds. The molecule has 2 atom stereocenters. The molecule has 1 heterocycles. The van der Waals surface area contributed by atoms with E-state index in [0.29, 0.717) is 11.3 Å².